The van der Waals surface area contributed by atoms with Gasteiger partial charge in [0.15, 0.2) is 22.3 Å². The lowest BCUT2D eigenvalue weighted by molar-refractivity contribution is -0.142. The van der Waals surface area contributed by atoms with Gasteiger partial charge in [0.2, 0.25) is 21.8 Å². The third-order valence-electron chi connectivity index (χ3n) is 11.7. The van der Waals surface area contributed by atoms with Crippen LogP contribution >= 0.6 is 11.3 Å². The lowest BCUT2D eigenvalue weighted by Gasteiger charge is -2.37. The number of carbonyl (C=O) groups excluding carboxylic acids is 2. The summed E-state index contributed by atoms with van der Waals surface area (Å²) in [5.41, 5.74) is 3.23. The van der Waals surface area contributed by atoms with Crippen molar-refractivity contribution in [1.29, 1.82) is 0 Å². The number of alkyl halides is 5. The molecule has 2 aromatic carbocycles. The fourth-order valence-electron chi connectivity index (χ4n) is 8.95. The zero-order chi connectivity index (χ0) is 46.7. The molecule has 1 unspecified atom stereocenters. The predicted octanol–water partition coefficient (Wildman–Crippen LogP) is 5.81. The number of fused-ring (bicyclic) bond motifs is 5. The molecule has 6 aromatic rings. The minimum Gasteiger partial charge on any atom is -0.346 e. The number of thiazole rings is 1. The Labute approximate surface area is 369 Å². The standard InChI is InChI=1S/C41H40F7N11O4S2/c1-39(2,49)37(61)57-8-10-58(11-9-57)38-52-36-28(64-38)17-24(22-6-5-7-23-32(22)56(3)54-35(23)55-65(4,62)63)31(51-36)27(14-19-12-20(42)15-21(43)13-19)50-29(60)18-59-34-30(33(53-59)41(46,47)48)25-16-26(25)40(34,44)45/h5-7,12-13,15,17,25-27H,8-11,14,16,18,49H2,1-4H3,(H,50,60)(H,54,55)/t25-,26?,27-/m0/s1. The first-order valence-corrected chi connectivity index (χ1v) is 23.0. The molecule has 4 aromatic heterocycles. The Morgan fingerprint density at radius 3 is 2.34 bits per heavy atom. The van der Waals surface area contributed by atoms with Crippen LogP contribution in [-0.2, 0) is 51.7 Å². The average molecular weight is 948 g/mol. The summed E-state index contributed by atoms with van der Waals surface area (Å²) in [6, 6.07) is 7.96. The van der Waals surface area contributed by atoms with E-state index in [0.29, 0.717) is 68.8 Å². The molecule has 0 radical (unpaired) electrons. The van der Waals surface area contributed by atoms with Crippen molar-refractivity contribution in [1.82, 2.24) is 39.7 Å². The second-order valence-electron chi connectivity index (χ2n) is 17.2. The van der Waals surface area contributed by atoms with Crippen LogP contribution in [0.15, 0.2) is 42.5 Å². The van der Waals surface area contributed by atoms with E-state index in [-0.39, 0.29) is 41.5 Å². The summed E-state index contributed by atoms with van der Waals surface area (Å²) in [6.07, 6.45) is -4.65. The van der Waals surface area contributed by atoms with Gasteiger partial charge in [-0.3, -0.25) is 23.7 Å². The van der Waals surface area contributed by atoms with Crippen molar-refractivity contribution in [3.8, 4) is 11.1 Å². The predicted molar refractivity (Wildman–Crippen MR) is 226 cm³/mol. The lowest BCUT2D eigenvalue weighted by Crippen LogP contribution is -2.57. The summed E-state index contributed by atoms with van der Waals surface area (Å²) in [4.78, 5) is 40.4. The third kappa shape index (κ3) is 8.23. The number of benzene rings is 2. The summed E-state index contributed by atoms with van der Waals surface area (Å²) >= 11 is 1.26. The monoisotopic (exact) mass is 947 g/mol. The molecule has 2 aliphatic carbocycles. The Hall–Kier alpha value is -5.88. The number of nitrogens with one attached hydrogen (secondary N) is 2. The van der Waals surface area contributed by atoms with Crippen LogP contribution in [0, 0.1) is 17.6 Å². The van der Waals surface area contributed by atoms with Crippen LogP contribution in [0.5, 0.6) is 0 Å². The summed E-state index contributed by atoms with van der Waals surface area (Å²) < 4.78 is 133. The molecule has 1 saturated heterocycles. The number of para-hydroxylation sites is 1. The Bertz CT molecular complexity index is 3020. The molecule has 4 N–H and O–H groups in total. The smallest absolute Gasteiger partial charge is 0.346 e. The van der Waals surface area contributed by atoms with Crippen LogP contribution in [0.2, 0.25) is 0 Å². The minimum atomic E-state index is -5.08. The molecule has 3 aliphatic rings. The van der Waals surface area contributed by atoms with Crippen LogP contribution in [0.4, 0.5) is 41.7 Å². The van der Waals surface area contributed by atoms with E-state index in [1.165, 1.54) is 16.0 Å². The molecule has 24 heteroatoms. The molecule has 3 atom stereocenters. The number of aryl methyl sites for hydroxylation is 1. The van der Waals surface area contributed by atoms with Crippen LogP contribution < -0.4 is 20.7 Å². The van der Waals surface area contributed by atoms with Crippen LogP contribution in [-0.4, -0.2) is 92.6 Å². The zero-order valence-corrected chi connectivity index (χ0v) is 36.6. The second-order valence-corrected chi connectivity index (χ2v) is 20.0. The van der Waals surface area contributed by atoms with Crippen LogP contribution in [0.25, 0.3) is 32.4 Å². The number of sulfonamides is 1. The van der Waals surface area contributed by atoms with E-state index in [1.807, 2.05) is 4.90 Å². The van der Waals surface area contributed by atoms with Gasteiger partial charge in [0, 0.05) is 67.3 Å². The van der Waals surface area contributed by atoms with E-state index in [4.69, 9.17) is 15.7 Å². The number of nitrogens with zero attached hydrogens (tertiary/aromatic N) is 8. The van der Waals surface area contributed by atoms with Gasteiger partial charge in [-0.15, -0.1) is 0 Å². The molecule has 1 saturated carbocycles. The largest absolute Gasteiger partial charge is 0.435 e. The number of amides is 2. The highest BCUT2D eigenvalue weighted by Crippen LogP contribution is 2.68. The van der Waals surface area contributed by atoms with Gasteiger partial charge in [0.25, 0.3) is 5.92 Å². The summed E-state index contributed by atoms with van der Waals surface area (Å²) in [6.45, 7) is 3.65. The molecule has 65 heavy (non-hydrogen) atoms. The molecular formula is C41H40F7N11O4S2. The summed E-state index contributed by atoms with van der Waals surface area (Å²) in [5, 5.41) is 11.5. The maximum absolute atomic E-state index is 15.5. The van der Waals surface area contributed by atoms with Crippen molar-refractivity contribution in [2.45, 2.75) is 62.8 Å². The SMILES string of the molecule is Cn1nc(NS(C)(=O)=O)c2cccc(-c3cc4sc(N5CCN(C(=O)C(C)(C)N)CC5)nc4nc3[C@H](Cc3cc(F)cc(F)c3)NC(=O)Cn3nc(C(F)(F)F)c4c3C(F)(F)C3C[C@H]43)c21. The van der Waals surface area contributed by atoms with Gasteiger partial charge in [-0.05, 0) is 62.4 Å². The fraction of sp³-hybridized carbons (Fsp3) is 0.415. The van der Waals surface area contributed by atoms with E-state index < -0.39 is 86.6 Å². The highest BCUT2D eigenvalue weighted by Gasteiger charge is 2.68. The lowest BCUT2D eigenvalue weighted by atomic mass is 9.94. The van der Waals surface area contributed by atoms with E-state index in [0.717, 1.165) is 18.4 Å². The Morgan fingerprint density at radius 1 is 1.00 bits per heavy atom. The molecule has 2 amide bonds. The van der Waals surface area contributed by atoms with Gasteiger partial charge < -0.3 is 20.9 Å². The van der Waals surface area contributed by atoms with Crippen molar-refractivity contribution in [2.24, 2.45) is 18.7 Å². The van der Waals surface area contributed by atoms with E-state index in [1.54, 1.807) is 50.1 Å². The summed E-state index contributed by atoms with van der Waals surface area (Å²) in [7, 11) is -2.24. The number of halogens is 7. The minimum absolute atomic E-state index is 0.00216. The van der Waals surface area contributed by atoms with Gasteiger partial charge in [-0.25, -0.2) is 22.2 Å². The van der Waals surface area contributed by atoms with E-state index in [2.05, 4.69) is 20.2 Å². The maximum atomic E-state index is 15.5. The Morgan fingerprint density at radius 2 is 1.69 bits per heavy atom. The first kappa shape index (κ1) is 44.3. The van der Waals surface area contributed by atoms with Gasteiger partial charge in [0.05, 0.1) is 33.7 Å². The number of pyridine rings is 1. The number of aromatic nitrogens is 6. The summed E-state index contributed by atoms with van der Waals surface area (Å²) in [5.74, 6) is -9.29. The number of anilines is 2. The van der Waals surface area contributed by atoms with Crippen LogP contribution in [0.1, 0.15) is 60.4 Å². The molecule has 2 fully saturated rings. The fourth-order valence-corrected chi connectivity index (χ4v) is 10.4. The quantitative estimate of drug-likeness (QED) is 0.134. The first-order chi connectivity index (χ1) is 30.4. The van der Waals surface area contributed by atoms with Crippen molar-refractivity contribution < 1.29 is 48.7 Å². The number of hydrogen-bond acceptors (Lipinski definition) is 11. The molecule has 9 rings (SSSR count). The number of piperazine rings is 1. The molecule has 0 spiro atoms. The van der Waals surface area contributed by atoms with Crippen molar-refractivity contribution in [3.63, 3.8) is 0 Å². The first-order valence-electron chi connectivity index (χ1n) is 20.3. The highest BCUT2D eigenvalue weighted by atomic mass is 32.2. The molecular weight excluding hydrogens is 908 g/mol. The van der Waals surface area contributed by atoms with Crippen molar-refractivity contribution >= 4 is 65.4 Å². The molecule has 1 aliphatic heterocycles. The third-order valence-corrected chi connectivity index (χ3v) is 13.4. The molecule has 344 valence electrons. The van der Waals surface area contributed by atoms with Gasteiger partial charge in [0.1, 0.15) is 23.9 Å². The molecule has 5 heterocycles. The Balaban J connectivity index is 1.17. The van der Waals surface area contributed by atoms with Crippen molar-refractivity contribution in [3.05, 3.63) is 82.3 Å². The topological polar surface area (TPSA) is 186 Å². The van der Waals surface area contributed by atoms with E-state index in [9.17, 15) is 40.0 Å². The zero-order valence-electron chi connectivity index (χ0n) is 35.0. The number of carbonyl (C=O) groups is 2. The molecule has 15 nitrogen and oxygen atoms in total. The highest BCUT2D eigenvalue weighted by molar-refractivity contribution is 7.92. The maximum Gasteiger partial charge on any atom is 0.435 e. The number of rotatable bonds is 11. The average Bonchev–Trinajstić information content (AvgIpc) is 3.47. The van der Waals surface area contributed by atoms with Crippen molar-refractivity contribution in [2.75, 3.05) is 42.1 Å². The number of hydrogen-bond donors (Lipinski definition) is 3. The van der Waals surface area contributed by atoms with Gasteiger partial charge in [-0.1, -0.05) is 23.5 Å². The van der Waals surface area contributed by atoms with Gasteiger partial charge in [-0.2, -0.15) is 37.1 Å². The normalized spacial score (nSPS) is 18.8. The molecule has 0 bridgehead atoms. The van der Waals surface area contributed by atoms with E-state index >= 15 is 8.78 Å². The van der Waals surface area contributed by atoms with Crippen LogP contribution in [0.3, 0.4) is 0 Å². The number of nitrogens with two attached hydrogens (primary N) is 1. The Kier molecular flexibility index (Phi) is 10.5. The van der Waals surface area contributed by atoms with Gasteiger partial charge >= 0.3 is 6.18 Å². The second kappa shape index (κ2) is 15.4.